The van der Waals surface area contributed by atoms with E-state index in [9.17, 15) is 0 Å². The van der Waals surface area contributed by atoms with Crippen LogP contribution < -0.4 is 31.8 Å². The van der Waals surface area contributed by atoms with Crippen molar-refractivity contribution in [1.29, 1.82) is 0 Å². The van der Waals surface area contributed by atoms with E-state index in [1.807, 2.05) is 27.7 Å². The molecule has 6 aromatic carbocycles. The first-order chi connectivity index (χ1) is 27.8. The van der Waals surface area contributed by atoms with Crippen LogP contribution in [0.3, 0.4) is 0 Å². The van der Waals surface area contributed by atoms with Crippen molar-refractivity contribution in [2.45, 2.75) is 72.0 Å². The third-order valence-corrected chi connectivity index (χ3v) is 15.4. The largest absolute Gasteiger partial charge is 2.00 e. The van der Waals surface area contributed by atoms with E-state index in [0.29, 0.717) is 0 Å². The van der Waals surface area contributed by atoms with Gasteiger partial charge in [-0.2, -0.15) is 0 Å². The third-order valence-electron chi connectivity index (χ3n) is 9.74. The van der Waals surface area contributed by atoms with Crippen LogP contribution in [0.15, 0.2) is 180 Å². The summed E-state index contributed by atoms with van der Waals surface area (Å²) in [7, 11) is -2.48. The van der Waals surface area contributed by atoms with Gasteiger partial charge in [-0.1, -0.05) is 104 Å². The molecule has 2 atom stereocenters. The Morgan fingerprint density at radius 2 is 0.932 bits per heavy atom. The van der Waals surface area contributed by atoms with Crippen LogP contribution in [0.5, 0.6) is 0 Å². The van der Waals surface area contributed by atoms with Crippen LogP contribution in [0.4, 0.5) is 0 Å². The molecule has 0 aliphatic heterocycles. The van der Waals surface area contributed by atoms with Crippen molar-refractivity contribution < 1.29 is 17.1 Å². The van der Waals surface area contributed by atoms with E-state index < -0.39 is 15.8 Å². The summed E-state index contributed by atoms with van der Waals surface area (Å²) in [6.45, 7) is 14.0. The Hall–Kier alpha value is -5.11. The molecule has 7 heteroatoms. The van der Waals surface area contributed by atoms with Crippen LogP contribution in [0.25, 0.3) is 9.69 Å². The Morgan fingerprint density at radius 3 is 1.29 bits per heavy atom. The first-order valence-electron chi connectivity index (χ1n) is 19.7. The van der Waals surface area contributed by atoms with Crippen molar-refractivity contribution in [3.05, 3.63) is 203 Å². The minimum Gasteiger partial charge on any atom is -0.311 e. The molecule has 0 aromatic heterocycles. The van der Waals surface area contributed by atoms with Crippen molar-refractivity contribution in [3.8, 4) is 6.07 Å². The summed E-state index contributed by atoms with van der Waals surface area (Å²) in [6, 6.07) is 65.5. The molecule has 6 aromatic rings. The van der Waals surface area contributed by atoms with Crippen LogP contribution in [-0.2, 0) is 17.1 Å². The minimum atomic E-state index is -1.25. The van der Waals surface area contributed by atoms with E-state index in [2.05, 4.69) is 198 Å². The second kappa shape index (κ2) is 23.5. The molecule has 0 radical (unpaired) electrons. The van der Waals surface area contributed by atoms with Crippen molar-refractivity contribution in [3.63, 3.8) is 0 Å². The Labute approximate surface area is 366 Å². The standard InChI is InChI=1S/C46H41N3P2.C5H9N.CH4.Fe/c1-2-47-38-31-32-43(48-34-36-19-15-17-29-45(36)50(39-21-7-3-8-22-39)40-23-9-4-10-24-40)44(33-38)49-35-37-20-16-18-30-46(37)51(41-25-11-5-12-26-41)42-27-13-6-14-28-42;1-5(2,3)6-4;;/h3-30,34-35,43-44H,31-33H2,1H3;1-3H3;1H4;/q;;;+2/p+2. The van der Waals surface area contributed by atoms with Crippen molar-refractivity contribution in [2.75, 3.05) is 0 Å². The summed E-state index contributed by atoms with van der Waals surface area (Å²) in [5.41, 5.74) is 2.18. The predicted molar refractivity (Wildman–Crippen MR) is 259 cm³/mol. The normalized spacial score (nSPS) is 15.0. The molecule has 298 valence electrons. The van der Waals surface area contributed by atoms with Crippen LogP contribution in [0, 0.1) is 18.7 Å². The van der Waals surface area contributed by atoms with Gasteiger partial charge in [0.1, 0.15) is 37.9 Å². The predicted octanol–water partition coefficient (Wildman–Crippen LogP) is 10.3. The monoisotopic (exact) mass is 854 g/mol. The van der Waals surface area contributed by atoms with Gasteiger partial charge in [-0.3, -0.25) is 9.98 Å². The molecule has 1 aliphatic carbocycles. The number of hydrogen-bond acceptors (Lipinski definition) is 2. The fraction of sp³-hybridized carbons (Fsp3) is 0.212. The summed E-state index contributed by atoms with van der Waals surface area (Å²) in [5, 5.41) is 8.16. The van der Waals surface area contributed by atoms with Crippen molar-refractivity contribution in [2.24, 2.45) is 9.98 Å². The van der Waals surface area contributed by atoms with Crippen LogP contribution in [0.1, 0.15) is 65.5 Å². The molecule has 1 fully saturated rings. The molecule has 0 N–H and O–H groups in total. The van der Waals surface area contributed by atoms with Crippen LogP contribution in [-0.4, -0.2) is 30.1 Å². The van der Waals surface area contributed by atoms with Crippen molar-refractivity contribution >= 4 is 60.1 Å². The van der Waals surface area contributed by atoms with E-state index in [1.54, 1.807) is 0 Å². The van der Waals surface area contributed by atoms with Gasteiger partial charge in [-0.25, -0.2) is 11.4 Å². The van der Waals surface area contributed by atoms with Gasteiger partial charge in [0, 0.05) is 56.8 Å². The molecule has 0 bridgehead atoms. The summed E-state index contributed by atoms with van der Waals surface area (Å²) in [5.74, 6) is 0. The van der Waals surface area contributed by atoms with Gasteiger partial charge >= 0.3 is 17.1 Å². The van der Waals surface area contributed by atoms with E-state index in [4.69, 9.17) is 16.6 Å². The maximum atomic E-state index is 6.48. The molecular formula is C52H56FeN4P2+4. The summed E-state index contributed by atoms with van der Waals surface area (Å²) >= 11 is 0. The van der Waals surface area contributed by atoms with Gasteiger partial charge in [-0.05, 0) is 92.6 Å². The molecule has 0 saturated heterocycles. The van der Waals surface area contributed by atoms with Gasteiger partial charge in [-0.15, -0.1) is 0 Å². The van der Waals surface area contributed by atoms with Gasteiger partial charge < -0.3 is 4.85 Å². The minimum absolute atomic E-state index is 0. The van der Waals surface area contributed by atoms with Crippen LogP contribution >= 0.6 is 15.8 Å². The number of aliphatic imine (C=N–C) groups is 2. The maximum Gasteiger partial charge on any atom is 2.00 e. The van der Waals surface area contributed by atoms with Gasteiger partial charge in [0.25, 0.3) is 0 Å². The number of rotatable bonds is 10. The SMILES string of the molecule is C.CC#[N+][C-]1CCC(N=Cc2ccccc2[PH+](c2ccccc2)c2ccccc2)C(N=Cc2ccccc2[PH+](c2ccccc2)c2ccccc2)C1.[C-]#[N+]C(C)(C)C.[Fe+2]. The van der Waals surface area contributed by atoms with E-state index in [-0.39, 0.29) is 42.1 Å². The first-order valence-corrected chi connectivity index (χ1v) is 22.7. The summed E-state index contributed by atoms with van der Waals surface area (Å²) in [4.78, 5) is 18.6. The van der Waals surface area contributed by atoms with E-state index >= 15 is 0 Å². The number of hydrogen-bond donors (Lipinski definition) is 0. The molecule has 59 heavy (non-hydrogen) atoms. The van der Waals surface area contributed by atoms with Crippen molar-refractivity contribution in [1.82, 2.24) is 0 Å². The molecule has 1 saturated carbocycles. The summed E-state index contributed by atoms with van der Waals surface area (Å²) in [6.07, 6.45) is 6.83. The van der Waals surface area contributed by atoms with Gasteiger partial charge in [0.05, 0.1) is 27.9 Å². The van der Waals surface area contributed by atoms with E-state index in [1.165, 1.54) is 43.0 Å². The summed E-state index contributed by atoms with van der Waals surface area (Å²) < 4.78 is 0. The Bertz CT molecular complexity index is 2250. The second-order valence-corrected chi connectivity index (χ2v) is 19.9. The number of nitrogens with zero attached hydrogens (tertiary/aromatic N) is 4. The maximum absolute atomic E-state index is 6.48. The molecule has 0 amide bonds. The topological polar surface area (TPSA) is 33.4 Å². The Balaban J connectivity index is 0.000000895. The van der Waals surface area contributed by atoms with Gasteiger partial charge in [0.2, 0.25) is 5.54 Å². The fourth-order valence-electron chi connectivity index (χ4n) is 6.97. The molecule has 1 aliphatic rings. The zero-order chi connectivity index (χ0) is 39.9. The fourth-order valence-corrected chi connectivity index (χ4v) is 12.4. The molecular weight excluding hydrogens is 798 g/mol. The quantitative estimate of drug-likeness (QED) is 0.0570. The molecule has 7 rings (SSSR count). The zero-order valence-corrected chi connectivity index (χ0v) is 36.8. The molecule has 2 unspecified atom stereocenters. The van der Waals surface area contributed by atoms with E-state index in [0.717, 1.165) is 25.3 Å². The van der Waals surface area contributed by atoms with Crippen LogP contribution in [0.2, 0.25) is 0 Å². The molecule has 0 heterocycles. The first kappa shape index (κ1) is 46.6. The second-order valence-electron chi connectivity index (χ2n) is 15.0. The Morgan fingerprint density at radius 1 is 0.593 bits per heavy atom. The van der Waals surface area contributed by atoms with Gasteiger partial charge in [0.15, 0.2) is 0 Å². The Kier molecular flexibility index (Phi) is 18.5. The average Bonchev–Trinajstić information content (AvgIpc) is 3.25. The molecule has 0 spiro atoms. The third kappa shape index (κ3) is 13.2. The number of benzene rings is 6. The average molecular weight is 855 g/mol. The zero-order valence-electron chi connectivity index (χ0n) is 33.7. The molecule has 4 nitrogen and oxygen atoms in total. The smallest absolute Gasteiger partial charge is 0.311 e.